The van der Waals surface area contributed by atoms with Crippen LogP contribution in [0.5, 0.6) is 0 Å². The van der Waals surface area contributed by atoms with E-state index in [1.807, 2.05) is 35.3 Å². The molecule has 1 aliphatic heterocycles. The normalized spacial score (nSPS) is 17.2. The van der Waals surface area contributed by atoms with E-state index in [1.54, 1.807) is 6.20 Å². The van der Waals surface area contributed by atoms with E-state index in [2.05, 4.69) is 39.4 Å². The molecule has 1 aliphatic rings. The average Bonchev–Trinajstić information content (AvgIpc) is 3.18. The molecule has 0 amide bonds. The highest BCUT2D eigenvalue weighted by Crippen LogP contribution is 2.20. The minimum absolute atomic E-state index is 0.250. The fraction of sp³-hybridized carbons (Fsp3) is 0.350. The number of nitrogens with zero attached hydrogens (tertiary/aromatic N) is 4. The van der Waals surface area contributed by atoms with E-state index >= 15 is 0 Å². The molecule has 0 unspecified atom stereocenters. The van der Waals surface area contributed by atoms with Crippen LogP contribution in [0.15, 0.2) is 48.9 Å². The van der Waals surface area contributed by atoms with Crippen molar-refractivity contribution in [1.29, 1.82) is 0 Å². The van der Waals surface area contributed by atoms with Crippen LogP contribution in [0.1, 0.15) is 24.8 Å². The Kier molecular flexibility index (Phi) is 4.93. The lowest BCUT2D eigenvalue weighted by molar-refractivity contribution is 0.0246. The second kappa shape index (κ2) is 7.66. The van der Waals surface area contributed by atoms with Crippen molar-refractivity contribution in [2.75, 3.05) is 18.5 Å². The summed E-state index contributed by atoms with van der Waals surface area (Å²) in [7, 11) is 0. The highest BCUT2D eigenvalue weighted by Gasteiger charge is 2.14. The van der Waals surface area contributed by atoms with Crippen LogP contribution in [0.2, 0.25) is 0 Å². The zero-order valence-electron chi connectivity index (χ0n) is 14.9. The summed E-state index contributed by atoms with van der Waals surface area (Å²) >= 11 is 0. The van der Waals surface area contributed by atoms with Gasteiger partial charge in [-0.05, 0) is 49.9 Å². The molecular formula is C20H23N5O. The van der Waals surface area contributed by atoms with Crippen molar-refractivity contribution in [3.05, 3.63) is 54.5 Å². The minimum Gasteiger partial charge on any atom is -0.376 e. The molecule has 4 rings (SSSR count). The molecule has 1 atom stereocenters. The molecule has 0 bridgehead atoms. The van der Waals surface area contributed by atoms with Gasteiger partial charge < -0.3 is 10.1 Å². The molecule has 3 heterocycles. The molecule has 2 aromatic heterocycles. The molecule has 0 radical (unpaired) electrons. The maximum absolute atomic E-state index is 5.75. The Labute approximate surface area is 153 Å². The summed E-state index contributed by atoms with van der Waals surface area (Å²) in [5.74, 6) is 0.625. The average molecular weight is 349 g/mol. The number of hydrogen-bond donors (Lipinski definition) is 1. The Balaban J connectivity index is 1.48. The summed E-state index contributed by atoms with van der Waals surface area (Å²) in [4.78, 5) is 8.94. The zero-order valence-corrected chi connectivity index (χ0v) is 14.9. The highest BCUT2D eigenvalue weighted by atomic mass is 16.5. The standard InChI is InChI=1S/C20H23N5O/c1-15-5-4-6-17(11-15)25-14-16(12-23-25)19-8-9-21-20(24-19)22-13-18-7-2-3-10-26-18/h4-6,8-9,11-12,14,18H,2-3,7,10,13H2,1H3,(H,21,22,24)/t18-/m1/s1. The van der Waals surface area contributed by atoms with Crippen molar-refractivity contribution in [3.8, 4) is 16.9 Å². The second-order valence-electron chi connectivity index (χ2n) is 6.65. The molecule has 0 spiro atoms. The molecule has 3 aromatic rings. The van der Waals surface area contributed by atoms with Gasteiger partial charge in [0.15, 0.2) is 0 Å². The van der Waals surface area contributed by atoms with Gasteiger partial charge in [-0.3, -0.25) is 0 Å². The molecule has 1 aromatic carbocycles. The van der Waals surface area contributed by atoms with Gasteiger partial charge in [0.1, 0.15) is 0 Å². The van der Waals surface area contributed by atoms with Crippen LogP contribution in [0.25, 0.3) is 16.9 Å². The Morgan fingerprint density at radius 2 is 2.23 bits per heavy atom. The van der Waals surface area contributed by atoms with Crippen LogP contribution in [0.4, 0.5) is 5.95 Å². The number of nitrogens with one attached hydrogen (secondary N) is 1. The molecule has 6 heteroatoms. The fourth-order valence-electron chi connectivity index (χ4n) is 3.14. The van der Waals surface area contributed by atoms with E-state index in [0.29, 0.717) is 5.95 Å². The number of anilines is 1. The van der Waals surface area contributed by atoms with Gasteiger partial charge in [0.25, 0.3) is 0 Å². The lowest BCUT2D eigenvalue weighted by atomic mass is 10.1. The number of benzene rings is 1. The molecule has 1 saturated heterocycles. The maximum atomic E-state index is 5.75. The Hall–Kier alpha value is -2.73. The molecule has 1 N–H and O–H groups in total. The van der Waals surface area contributed by atoms with Gasteiger partial charge in [0.2, 0.25) is 5.95 Å². The molecule has 0 aliphatic carbocycles. The lowest BCUT2D eigenvalue weighted by Gasteiger charge is -2.22. The molecule has 134 valence electrons. The van der Waals surface area contributed by atoms with E-state index in [4.69, 9.17) is 4.74 Å². The number of hydrogen-bond acceptors (Lipinski definition) is 5. The predicted octanol–water partition coefficient (Wildman–Crippen LogP) is 3.62. The summed E-state index contributed by atoms with van der Waals surface area (Å²) in [5, 5.41) is 7.76. The third-order valence-electron chi connectivity index (χ3n) is 4.56. The summed E-state index contributed by atoms with van der Waals surface area (Å²) in [6.45, 7) is 3.67. The largest absolute Gasteiger partial charge is 0.376 e. The summed E-state index contributed by atoms with van der Waals surface area (Å²) in [6.07, 6.45) is 9.33. The van der Waals surface area contributed by atoms with E-state index in [-0.39, 0.29) is 6.10 Å². The number of ether oxygens (including phenoxy) is 1. The smallest absolute Gasteiger partial charge is 0.223 e. The van der Waals surface area contributed by atoms with E-state index in [0.717, 1.165) is 42.9 Å². The molecule has 26 heavy (non-hydrogen) atoms. The quantitative estimate of drug-likeness (QED) is 0.762. The van der Waals surface area contributed by atoms with Crippen LogP contribution in [-0.4, -0.2) is 39.0 Å². The van der Waals surface area contributed by atoms with Gasteiger partial charge in [-0.15, -0.1) is 0 Å². The van der Waals surface area contributed by atoms with E-state index < -0.39 is 0 Å². The first-order valence-electron chi connectivity index (χ1n) is 9.08. The zero-order chi connectivity index (χ0) is 17.8. The Morgan fingerprint density at radius 1 is 1.27 bits per heavy atom. The fourth-order valence-corrected chi connectivity index (χ4v) is 3.14. The third-order valence-corrected chi connectivity index (χ3v) is 4.56. The maximum Gasteiger partial charge on any atom is 0.223 e. The van der Waals surface area contributed by atoms with Crippen molar-refractivity contribution in [2.24, 2.45) is 0 Å². The lowest BCUT2D eigenvalue weighted by Crippen LogP contribution is -2.27. The molecule has 0 saturated carbocycles. The highest BCUT2D eigenvalue weighted by molar-refractivity contribution is 5.58. The van der Waals surface area contributed by atoms with Crippen LogP contribution < -0.4 is 5.32 Å². The van der Waals surface area contributed by atoms with Gasteiger partial charge in [-0.25, -0.2) is 14.6 Å². The number of rotatable bonds is 5. The predicted molar refractivity (Wildman–Crippen MR) is 101 cm³/mol. The van der Waals surface area contributed by atoms with Crippen molar-refractivity contribution >= 4 is 5.95 Å². The van der Waals surface area contributed by atoms with Crippen LogP contribution in [0.3, 0.4) is 0 Å². The van der Waals surface area contributed by atoms with Crippen LogP contribution in [0, 0.1) is 6.92 Å². The molecular weight excluding hydrogens is 326 g/mol. The summed E-state index contributed by atoms with van der Waals surface area (Å²) in [6, 6.07) is 10.2. The first-order valence-corrected chi connectivity index (χ1v) is 9.08. The Bertz CT molecular complexity index is 870. The SMILES string of the molecule is Cc1cccc(-n2cc(-c3ccnc(NC[C@H]4CCCCO4)n3)cn2)c1. The molecule has 1 fully saturated rings. The van der Waals surface area contributed by atoms with Crippen molar-refractivity contribution in [3.63, 3.8) is 0 Å². The van der Waals surface area contributed by atoms with Gasteiger partial charge in [-0.2, -0.15) is 5.10 Å². The monoisotopic (exact) mass is 349 g/mol. The topological polar surface area (TPSA) is 64.9 Å². The summed E-state index contributed by atoms with van der Waals surface area (Å²) < 4.78 is 7.61. The van der Waals surface area contributed by atoms with E-state index in [1.165, 1.54) is 12.0 Å². The van der Waals surface area contributed by atoms with Gasteiger partial charge >= 0.3 is 0 Å². The van der Waals surface area contributed by atoms with Crippen LogP contribution >= 0.6 is 0 Å². The Morgan fingerprint density at radius 3 is 3.08 bits per heavy atom. The van der Waals surface area contributed by atoms with Crippen molar-refractivity contribution in [1.82, 2.24) is 19.7 Å². The number of aryl methyl sites for hydroxylation is 1. The first kappa shape index (κ1) is 16.7. The van der Waals surface area contributed by atoms with Gasteiger partial charge in [0.05, 0.1) is 23.7 Å². The third kappa shape index (κ3) is 3.91. The second-order valence-corrected chi connectivity index (χ2v) is 6.65. The van der Waals surface area contributed by atoms with Crippen LogP contribution in [-0.2, 0) is 4.74 Å². The van der Waals surface area contributed by atoms with E-state index in [9.17, 15) is 0 Å². The van der Waals surface area contributed by atoms with Crippen molar-refractivity contribution in [2.45, 2.75) is 32.3 Å². The molecule has 6 nitrogen and oxygen atoms in total. The summed E-state index contributed by atoms with van der Waals surface area (Å²) in [5.41, 5.74) is 4.06. The van der Waals surface area contributed by atoms with Gasteiger partial charge in [-0.1, -0.05) is 12.1 Å². The van der Waals surface area contributed by atoms with Crippen molar-refractivity contribution < 1.29 is 4.74 Å². The van der Waals surface area contributed by atoms with Gasteiger partial charge in [0, 0.05) is 31.1 Å². The minimum atomic E-state index is 0.250. The number of aromatic nitrogens is 4. The first-order chi connectivity index (χ1) is 12.8.